The highest BCUT2D eigenvalue weighted by molar-refractivity contribution is 5.82. The third-order valence-electron chi connectivity index (χ3n) is 2.42. The number of benzene rings is 1. The van der Waals surface area contributed by atoms with Crippen molar-refractivity contribution in [2.75, 3.05) is 0 Å². The maximum Gasteiger partial charge on any atom is 0.181 e. The maximum atomic E-state index is 11.4. The van der Waals surface area contributed by atoms with E-state index >= 15 is 0 Å². The molecule has 2 aromatic carbocycles. The molecule has 0 bridgehead atoms. The Kier molecular flexibility index (Phi) is 2.08. The van der Waals surface area contributed by atoms with Gasteiger partial charge in [-0.3, -0.25) is 4.79 Å². The van der Waals surface area contributed by atoms with Crippen LogP contribution in [0.1, 0.15) is 11.1 Å². The van der Waals surface area contributed by atoms with Crippen LogP contribution in [-0.4, -0.2) is 0 Å². The summed E-state index contributed by atoms with van der Waals surface area (Å²) in [6.07, 6.45) is 0. The van der Waals surface area contributed by atoms with Gasteiger partial charge in [-0.25, -0.2) is 0 Å². The second kappa shape index (κ2) is 3.26. The van der Waals surface area contributed by atoms with E-state index < -0.39 is 0 Å². The molecule has 0 N–H and O–H groups in total. The van der Waals surface area contributed by atoms with Crippen LogP contribution in [0, 0.1) is 13.8 Å². The van der Waals surface area contributed by atoms with E-state index in [9.17, 15) is 4.79 Å². The highest BCUT2D eigenvalue weighted by Crippen LogP contribution is 2.14. The molecule has 0 aromatic heterocycles. The van der Waals surface area contributed by atoms with Crippen molar-refractivity contribution in [3.63, 3.8) is 0 Å². The minimum absolute atomic E-state index is 0.0962. The first-order valence-corrected chi connectivity index (χ1v) is 4.68. The molecule has 0 saturated heterocycles. The molecule has 0 spiro atoms. The standard InChI is InChI=1S/C13H12O/c1-9-3-4-12-8-10(2)13(14)6-5-11(12)7-9/h3-8H,1-2H3. The number of hydrogen-bond acceptors (Lipinski definition) is 1. The smallest absolute Gasteiger partial charge is 0.181 e. The monoisotopic (exact) mass is 184 g/mol. The Morgan fingerprint density at radius 2 is 1.50 bits per heavy atom. The lowest BCUT2D eigenvalue weighted by Gasteiger charge is -1.94. The SMILES string of the molecule is Cc1ccc2cc(C)c(=O)ccc2c1. The number of hydrogen-bond donors (Lipinski definition) is 0. The zero-order chi connectivity index (χ0) is 10.1. The second-order valence-electron chi connectivity index (χ2n) is 3.66. The Morgan fingerprint density at radius 3 is 2.29 bits per heavy atom. The van der Waals surface area contributed by atoms with Gasteiger partial charge in [0, 0.05) is 0 Å². The van der Waals surface area contributed by atoms with Crippen molar-refractivity contribution in [1.29, 1.82) is 0 Å². The summed E-state index contributed by atoms with van der Waals surface area (Å²) < 4.78 is 0. The Bertz CT molecular complexity index is 541. The number of aryl methyl sites for hydroxylation is 2. The van der Waals surface area contributed by atoms with E-state index in [-0.39, 0.29) is 5.43 Å². The van der Waals surface area contributed by atoms with Crippen LogP contribution >= 0.6 is 0 Å². The summed E-state index contributed by atoms with van der Waals surface area (Å²) >= 11 is 0. The van der Waals surface area contributed by atoms with Crippen LogP contribution in [0.25, 0.3) is 10.8 Å². The molecule has 2 aromatic rings. The van der Waals surface area contributed by atoms with Gasteiger partial charge < -0.3 is 0 Å². The van der Waals surface area contributed by atoms with Crippen molar-refractivity contribution in [2.45, 2.75) is 13.8 Å². The Balaban J connectivity index is 2.93. The summed E-state index contributed by atoms with van der Waals surface area (Å²) in [5.74, 6) is 0. The molecule has 0 atom stereocenters. The maximum absolute atomic E-state index is 11.4. The average molecular weight is 184 g/mol. The van der Waals surface area contributed by atoms with Crippen LogP contribution in [0.4, 0.5) is 0 Å². The molecule has 0 aliphatic heterocycles. The van der Waals surface area contributed by atoms with E-state index in [2.05, 4.69) is 25.1 Å². The molecule has 0 heterocycles. The fourth-order valence-corrected chi connectivity index (χ4v) is 1.57. The molecule has 0 aliphatic rings. The summed E-state index contributed by atoms with van der Waals surface area (Å²) in [6.45, 7) is 3.90. The van der Waals surface area contributed by atoms with Gasteiger partial charge >= 0.3 is 0 Å². The Hall–Kier alpha value is -1.63. The second-order valence-corrected chi connectivity index (χ2v) is 3.66. The molecule has 1 nitrogen and oxygen atoms in total. The van der Waals surface area contributed by atoms with Crippen LogP contribution in [0.5, 0.6) is 0 Å². The molecular weight excluding hydrogens is 172 g/mol. The quantitative estimate of drug-likeness (QED) is 0.615. The molecule has 0 fully saturated rings. The van der Waals surface area contributed by atoms with Crippen molar-refractivity contribution in [3.05, 3.63) is 57.7 Å². The van der Waals surface area contributed by atoms with Crippen LogP contribution in [0.2, 0.25) is 0 Å². The molecule has 0 amide bonds. The summed E-state index contributed by atoms with van der Waals surface area (Å²) in [6, 6.07) is 11.7. The predicted molar refractivity (Wildman–Crippen MR) is 59.7 cm³/mol. The third-order valence-corrected chi connectivity index (χ3v) is 2.42. The minimum atomic E-state index is 0.0962. The van der Waals surface area contributed by atoms with Gasteiger partial charge in [-0.2, -0.15) is 0 Å². The fraction of sp³-hybridized carbons (Fsp3) is 0.154. The molecule has 0 unspecified atom stereocenters. The summed E-state index contributed by atoms with van der Waals surface area (Å²) in [5.41, 5.74) is 2.11. The summed E-state index contributed by atoms with van der Waals surface area (Å²) in [5, 5.41) is 2.24. The Morgan fingerprint density at radius 1 is 0.857 bits per heavy atom. The van der Waals surface area contributed by atoms with E-state index in [0.29, 0.717) is 0 Å². The molecule has 0 aliphatic carbocycles. The fourth-order valence-electron chi connectivity index (χ4n) is 1.57. The van der Waals surface area contributed by atoms with Crippen LogP contribution in [-0.2, 0) is 0 Å². The van der Waals surface area contributed by atoms with E-state index in [1.165, 1.54) is 5.56 Å². The van der Waals surface area contributed by atoms with Gasteiger partial charge in [-0.1, -0.05) is 29.8 Å². The van der Waals surface area contributed by atoms with Gasteiger partial charge in [-0.15, -0.1) is 0 Å². The van der Waals surface area contributed by atoms with Gasteiger partial charge in [0.1, 0.15) is 0 Å². The van der Waals surface area contributed by atoms with E-state index in [0.717, 1.165) is 16.3 Å². The zero-order valence-electron chi connectivity index (χ0n) is 8.37. The first-order valence-electron chi connectivity index (χ1n) is 4.68. The van der Waals surface area contributed by atoms with E-state index in [4.69, 9.17) is 0 Å². The van der Waals surface area contributed by atoms with Crippen molar-refractivity contribution >= 4 is 10.8 Å². The largest absolute Gasteiger partial charge is 0.290 e. The lowest BCUT2D eigenvalue weighted by atomic mass is 10.1. The molecule has 14 heavy (non-hydrogen) atoms. The molecule has 0 radical (unpaired) electrons. The number of rotatable bonds is 0. The third kappa shape index (κ3) is 1.53. The first kappa shape index (κ1) is 8.95. The highest BCUT2D eigenvalue weighted by atomic mass is 16.1. The van der Waals surface area contributed by atoms with Gasteiger partial charge in [0.15, 0.2) is 5.43 Å². The van der Waals surface area contributed by atoms with Crippen LogP contribution in [0.15, 0.2) is 41.2 Å². The first-order chi connectivity index (χ1) is 6.66. The van der Waals surface area contributed by atoms with Gasteiger partial charge in [0.25, 0.3) is 0 Å². The topological polar surface area (TPSA) is 17.1 Å². The highest BCUT2D eigenvalue weighted by Gasteiger charge is 1.94. The predicted octanol–water partition coefficient (Wildman–Crippen LogP) is 2.82. The van der Waals surface area contributed by atoms with Crippen molar-refractivity contribution in [1.82, 2.24) is 0 Å². The zero-order valence-corrected chi connectivity index (χ0v) is 8.37. The molecule has 2 rings (SSSR count). The number of fused-ring (bicyclic) bond motifs is 1. The van der Waals surface area contributed by atoms with E-state index in [1.54, 1.807) is 6.07 Å². The average Bonchev–Trinajstić information content (AvgIpc) is 2.29. The van der Waals surface area contributed by atoms with Gasteiger partial charge in [-0.05, 0) is 42.3 Å². The minimum Gasteiger partial charge on any atom is -0.290 e. The van der Waals surface area contributed by atoms with Crippen LogP contribution < -0.4 is 5.43 Å². The van der Waals surface area contributed by atoms with E-state index in [1.807, 2.05) is 19.1 Å². The Labute approximate surface area is 83.0 Å². The lowest BCUT2D eigenvalue weighted by molar-refractivity contribution is 1.44. The van der Waals surface area contributed by atoms with Crippen molar-refractivity contribution in [3.8, 4) is 0 Å². The van der Waals surface area contributed by atoms with Crippen molar-refractivity contribution in [2.24, 2.45) is 0 Å². The van der Waals surface area contributed by atoms with Gasteiger partial charge in [0.2, 0.25) is 0 Å². The van der Waals surface area contributed by atoms with Crippen LogP contribution in [0.3, 0.4) is 0 Å². The van der Waals surface area contributed by atoms with Crippen molar-refractivity contribution < 1.29 is 0 Å². The van der Waals surface area contributed by atoms with Gasteiger partial charge in [0.05, 0.1) is 0 Å². The molecule has 1 heteroatoms. The summed E-state index contributed by atoms with van der Waals surface area (Å²) in [4.78, 5) is 11.4. The molecule has 0 saturated carbocycles. The molecule has 70 valence electrons. The normalized spacial score (nSPS) is 10.4. The summed E-state index contributed by atoms with van der Waals surface area (Å²) in [7, 11) is 0. The molecular formula is C13H12O. The lowest BCUT2D eigenvalue weighted by Crippen LogP contribution is -1.96.